The summed E-state index contributed by atoms with van der Waals surface area (Å²) in [4.78, 5) is 69.6. The van der Waals surface area contributed by atoms with Gasteiger partial charge in [0.2, 0.25) is 5.91 Å². The number of carbonyl (C=O) groups is 5. The Morgan fingerprint density at radius 3 is 2.45 bits per heavy atom. The number of piperazine rings is 1. The zero-order chi connectivity index (χ0) is 31.0. The van der Waals surface area contributed by atoms with Crippen molar-refractivity contribution < 1.29 is 47.4 Å². The van der Waals surface area contributed by atoms with E-state index in [2.05, 4.69) is 5.32 Å². The molecule has 7 unspecified atom stereocenters. The van der Waals surface area contributed by atoms with E-state index in [9.17, 15) is 47.4 Å². The number of hydrogen-bond donors (Lipinski definition) is 4. The number of fused-ring (bicyclic) bond motifs is 3. The molecule has 5 N–H and O–H groups in total. The molecule has 7 atom stereocenters. The Morgan fingerprint density at radius 2 is 1.88 bits per heavy atom. The number of rotatable bonds is 4. The van der Waals surface area contributed by atoms with Gasteiger partial charge in [-0.05, 0) is 56.6 Å². The van der Waals surface area contributed by atoms with E-state index in [4.69, 9.17) is 5.73 Å². The van der Waals surface area contributed by atoms with Crippen LogP contribution in [0.15, 0.2) is 6.07 Å². The van der Waals surface area contributed by atoms with Crippen LogP contribution in [-0.2, 0) is 31.8 Å². The Labute approximate surface area is 239 Å². The van der Waals surface area contributed by atoms with E-state index in [0.717, 1.165) is 6.07 Å². The Hall–Kier alpha value is -3.20. The third-order valence-electron chi connectivity index (χ3n) is 9.46. The van der Waals surface area contributed by atoms with Crippen molar-refractivity contribution in [1.82, 2.24) is 15.1 Å². The maximum atomic E-state index is 14.8. The van der Waals surface area contributed by atoms with Crippen molar-refractivity contribution in [3.8, 4) is 5.75 Å². The van der Waals surface area contributed by atoms with Crippen molar-refractivity contribution in [3.63, 3.8) is 0 Å². The molecular formula is C28H33F3N4O7. The lowest BCUT2D eigenvalue weighted by Gasteiger charge is -2.52. The highest BCUT2D eigenvalue weighted by atomic mass is 19.4. The molecule has 14 heteroatoms. The van der Waals surface area contributed by atoms with Gasteiger partial charge in [0.15, 0.2) is 34.7 Å². The lowest BCUT2D eigenvalue weighted by Crippen LogP contribution is -2.74. The molecule has 1 heterocycles. The van der Waals surface area contributed by atoms with Gasteiger partial charge in [-0.2, -0.15) is 13.2 Å². The molecule has 0 aromatic heterocycles. The van der Waals surface area contributed by atoms with Crippen LogP contribution in [0.1, 0.15) is 46.4 Å². The number of likely N-dealkylation sites (N-methyl/N-ethyl adjacent to an activating group) is 2. The first-order valence-electron chi connectivity index (χ1n) is 13.8. The average molecular weight is 595 g/mol. The van der Waals surface area contributed by atoms with E-state index in [1.165, 1.54) is 19.0 Å². The summed E-state index contributed by atoms with van der Waals surface area (Å²) in [7, 11) is 2.86. The molecule has 228 valence electrons. The lowest BCUT2D eigenvalue weighted by atomic mass is 9.52. The molecule has 1 aliphatic heterocycles. The molecule has 3 aliphatic carbocycles. The SMILES string of the molecule is CCN1CCNC(c2cc(O)c3c(c2C(F)(F)F)CC2CC4C(N(C)C)C(=O)C(C(N)=O)C(=O)C4(O)C(=O)C2C3=O)C1. The fourth-order valence-corrected chi connectivity index (χ4v) is 7.62. The van der Waals surface area contributed by atoms with Crippen molar-refractivity contribution in [1.29, 1.82) is 0 Å². The van der Waals surface area contributed by atoms with Crippen molar-refractivity contribution in [2.24, 2.45) is 29.4 Å². The number of nitrogens with zero attached hydrogens (tertiary/aromatic N) is 2. The van der Waals surface area contributed by atoms with Crippen LogP contribution in [0.4, 0.5) is 13.2 Å². The van der Waals surface area contributed by atoms with Crippen molar-refractivity contribution in [2.75, 3.05) is 40.3 Å². The smallest absolute Gasteiger partial charge is 0.417 e. The third-order valence-corrected chi connectivity index (χ3v) is 9.46. The van der Waals surface area contributed by atoms with Crippen LogP contribution in [-0.4, -0.2) is 101 Å². The Balaban J connectivity index is 1.66. The van der Waals surface area contributed by atoms with Gasteiger partial charge in [-0.25, -0.2) is 0 Å². The highest BCUT2D eigenvalue weighted by molar-refractivity contribution is 6.32. The minimum Gasteiger partial charge on any atom is -0.507 e. The van der Waals surface area contributed by atoms with E-state index in [0.29, 0.717) is 19.6 Å². The fourth-order valence-electron chi connectivity index (χ4n) is 7.62. The molecule has 1 aromatic rings. The molecule has 2 saturated carbocycles. The quantitative estimate of drug-likeness (QED) is 0.344. The highest BCUT2D eigenvalue weighted by Gasteiger charge is 2.69. The van der Waals surface area contributed by atoms with Crippen molar-refractivity contribution >= 4 is 29.0 Å². The topological polar surface area (TPSA) is 170 Å². The molecule has 3 fully saturated rings. The summed E-state index contributed by atoms with van der Waals surface area (Å²) >= 11 is 0. The number of phenolic OH excluding ortho intramolecular Hbond substituents is 1. The number of aliphatic hydroxyl groups is 1. The largest absolute Gasteiger partial charge is 0.507 e. The first-order chi connectivity index (χ1) is 19.5. The van der Waals surface area contributed by atoms with Crippen LogP contribution in [0.25, 0.3) is 0 Å². The van der Waals surface area contributed by atoms with Crippen LogP contribution in [0, 0.1) is 23.7 Å². The second kappa shape index (κ2) is 10.2. The maximum absolute atomic E-state index is 14.8. The summed E-state index contributed by atoms with van der Waals surface area (Å²) in [5.41, 5.74) is -0.0843. The van der Waals surface area contributed by atoms with E-state index >= 15 is 0 Å². The summed E-state index contributed by atoms with van der Waals surface area (Å²) in [5.74, 6) is -13.4. The van der Waals surface area contributed by atoms with E-state index in [-0.39, 0.29) is 18.5 Å². The summed E-state index contributed by atoms with van der Waals surface area (Å²) in [6.45, 7) is 3.76. The number of nitrogens with two attached hydrogens (primary N) is 1. The number of hydrogen-bond acceptors (Lipinski definition) is 10. The minimum atomic E-state index is -4.92. The number of Topliss-reactive ketones (excluding diaryl/α,β-unsaturated/α-hetero) is 4. The van der Waals surface area contributed by atoms with E-state index in [1.54, 1.807) is 0 Å². The van der Waals surface area contributed by atoms with Crippen molar-refractivity contribution in [3.05, 3.63) is 28.3 Å². The molecule has 11 nitrogen and oxygen atoms in total. The van der Waals surface area contributed by atoms with Crippen LogP contribution < -0.4 is 11.1 Å². The molecule has 1 aromatic carbocycles. The van der Waals surface area contributed by atoms with Crippen molar-refractivity contribution in [2.45, 2.75) is 43.6 Å². The number of halogens is 3. The minimum absolute atomic E-state index is 0.222. The molecular weight excluding hydrogens is 561 g/mol. The third kappa shape index (κ3) is 4.29. The predicted octanol–water partition coefficient (Wildman–Crippen LogP) is -0.148. The molecule has 0 spiro atoms. The zero-order valence-electron chi connectivity index (χ0n) is 23.3. The number of aromatic hydroxyl groups is 1. The fraction of sp³-hybridized carbons (Fsp3) is 0.607. The predicted molar refractivity (Wildman–Crippen MR) is 139 cm³/mol. The molecule has 1 saturated heterocycles. The zero-order valence-corrected chi connectivity index (χ0v) is 23.3. The molecule has 4 aliphatic rings. The van der Waals surface area contributed by atoms with Gasteiger partial charge in [0, 0.05) is 31.6 Å². The number of primary amides is 1. The standard InChI is InChI=1S/C28H33F3N4O7/c1-4-35-6-5-33-15(10-35)12-9-16(36)18-13(20(12)28(29,30)31)7-11-8-14-21(34(2)3)23(38)19(26(32)41)25(40)27(14,42)24(39)17(11)22(18)37/h9,11,14-15,17,19,21,33,36,42H,4-8,10H2,1-3H3,(H2,32,41). The van der Waals surface area contributed by atoms with E-state index < -0.39 is 105 Å². The Kier molecular flexibility index (Phi) is 7.36. The Bertz CT molecular complexity index is 1400. The van der Waals surface area contributed by atoms with Gasteiger partial charge in [0.05, 0.1) is 23.1 Å². The highest BCUT2D eigenvalue weighted by Crippen LogP contribution is 2.53. The summed E-state index contributed by atoms with van der Waals surface area (Å²) in [6.07, 6.45) is -5.72. The number of carbonyl (C=O) groups excluding carboxylic acids is 5. The molecule has 0 bridgehead atoms. The van der Waals surface area contributed by atoms with Crippen LogP contribution in [0.2, 0.25) is 0 Å². The number of ketones is 4. The van der Waals surface area contributed by atoms with Gasteiger partial charge in [0.25, 0.3) is 0 Å². The van der Waals surface area contributed by atoms with Gasteiger partial charge < -0.3 is 26.2 Å². The second-order valence-electron chi connectivity index (χ2n) is 11.9. The normalized spacial score (nSPS) is 33.8. The van der Waals surface area contributed by atoms with Gasteiger partial charge in [-0.3, -0.25) is 28.9 Å². The number of alkyl halides is 3. The monoisotopic (exact) mass is 594 g/mol. The van der Waals surface area contributed by atoms with Gasteiger partial charge in [0.1, 0.15) is 5.75 Å². The summed E-state index contributed by atoms with van der Waals surface area (Å²) in [5, 5.41) is 25.6. The molecule has 1 amide bonds. The van der Waals surface area contributed by atoms with Gasteiger partial charge in [-0.15, -0.1) is 0 Å². The first kappa shape index (κ1) is 30.3. The summed E-state index contributed by atoms with van der Waals surface area (Å²) in [6, 6.07) is -1.24. The summed E-state index contributed by atoms with van der Waals surface area (Å²) < 4.78 is 44.3. The molecule has 42 heavy (non-hydrogen) atoms. The molecule has 0 radical (unpaired) electrons. The molecule has 5 rings (SSSR count). The van der Waals surface area contributed by atoms with Crippen LogP contribution >= 0.6 is 0 Å². The number of nitrogens with one attached hydrogen (secondary N) is 1. The van der Waals surface area contributed by atoms with Crippen LogP contribution in [0.5, 0.6) is 5.75 Å². The number of amides is 1. The number of benzene rings is 1. The van der Waals surface area contributed by atoms with Gasteiger partial charge >= 0.3 is 6.18 Å². The number of phenols is 1. The first-order valence-corrected chi connectivity index (χ1v) is 13.8. The Morgan fingerprint density at radius 1 is 1.21 bits per heavy atom. The average Bonchev–Trinajstić information content (AvgIpc) is 2.89. The van der Waals surface area contributed by atoms with Gasteiger partial charge in [-0.1, -0.05) is 6.92 Å². The van der Waals surface area contributed by atoms with E-state index in [1.807, 2.05) is 11.8 Å². The second-order valence-corrected chi connectivity index (χ2v) is 11.9. The lowest BCUT2D eigenvalue weighted by molar-refractivity contribution is -0.181. The van der Waals surface area contributed by atoms with Crippen LogP contribution in [0.3, 0.4) is 0 Å². The maximum Gasteiger partial charge on any atom is 0.417 e.